The number of carbonyl (C=O) groups is 1. The van der Waals surface area contributed by atoms with E-state index in [0.717, 1.165) is 12.0 Å². The summed E-state index contributed by atoms with van der Waals surface area (Å²) in [5.74, 6) is 1.56. The zero-order chi connectivity index (χ0) is 8.59. The summed E-state index contributed by atoms with van der Waals surface area (Å²) in [5.41, 5.74) is 1.16. The molecule has 1 nitrogen and oxygen atoms in total. The highest BCUT2D eigenvalue weighted by atomic mass is 16.1. The molecule has 1 saturated carbocycles. The Balaban J connectivity index is 2.79. The van der Waals surface area contributed by atoms with Gasteiger partial charge in [0.2, 0.25) is 0 Å². The number of hydrogen-bond acceptors (Lipinski definition) is 1. The molecule has 62 valence electrons. The summed E-state index contributed by atoms with van der Waals surface area (Å²) >= 11 is 0. The van der Waals surface area contributed by atoms with Crippen molar-refractivity contribution < 1.29 is 4.79 Å². The van der Waals surface area contributed by atoms with Crippen molar-refractivity contribution in [3.8, 4) is 0 Å². The largest absolute Gasteiger partial charge is 0.299 e. The highest BCUT2D eigenvalue weighted by Gasteiger charge is 2.36. The first-order valence-corrected chi connectivity index (χ1v) is 4.22. The van der Waals surface area contributed by atoms with Gasteiger partial charge >= 0.3 is 0 Å². The molecule has 0 aromatic heterocycles. The summed E-state index contributed by atoms with van der Waals surface area (Å²) in [6.07, 6.45) is 0.749. The molecule has 0 heterocycles. The van der Waals surface area contributed by atoms with E-state index in [9.17, 15) is 4.79 Å². The van der Waals surface area contributed by atoms with Gasteiger partial charge in [-0.2, -0.15) is 0 Å². The third-order valence-corrected chi connectivity index (χ3v) is 2.75. The van der Waals surface area contributed by atoms with Crippen molar-refractivity contribution in [1.82, 2.24) is 0 Å². The maximum atomic E-state index is 11.3. The zero-order valence-corrected chi connectivity index (χ0v) is 7.55. The van der Waals surface area contributed by atoms with E-state index in [2.05, 4.69) is 13.5 Å². The molecule has 1 aliphatic carbocycles. The van der Waals surface area contributed by atoms with E-state index in [1.54, 1.807) is 0 Å². The monoisotopic (exact) mass is 152 g/mol. The number of carbonyl (C=O) groups excluding carboxylic acids is 1. The van der Waals surface area contributed by atoms with Gasteiger partial charge < -0.3 is 0 Å². The van der Waals surface area contributed by atoms with Crippen LogP contribution in [0.5, 0.6) is 0 Å². The van der Waals surface area contributed by atoms with Crippen molar-refractivity contribution in [2.45, 2.75) is 27.2 Å². The molecule has 1 fully saturated rings. The van der Waals surface area contributed by atoms with Gasteiger partial charge in [0, 0.05) is 12.3 Å². The minimum absolute atomic E-state index is 0.211. The number of rotatable bonds is 1. The van der Waals surface area contributed by atoms with Gasteiger partial charge in [-0.1, -0.05) is 26.0 Å². The van der Waals surface area contributed by atoms with E-state index in [1.807, 2.05) is 13.8 Å². The van der Waals surface area contributed by atoms with Crippen molar-refractivity contribution in [1.29, 1.82) is 0 Å². The summed E-state index contributed by atoms with van der Waals surface area (Å²) in [5, 5.41) is 0. The summed E-state index contributed by atoms with van der Waals surface area (Å²) in [6.45, 7) is 10.1. The van der Waals surface area contributed by atoms with Crippen molar-refractivity contribution >= 4 is 5.78 Å². The highest BCUT2D eigenvalue weighted by molar-refractivity contribution is 5.84. The molecule has 0 unspecified atom stereocenters. The molecule has 0 aromatic rings. The van der Waals surface area contributed by atoms with Crippen LogP contribution in [0.2, 0.25) is 0 Å². The van der Waals surface area contributed by atoms with Crippen LogP contribution in [0.4, 0.5) is 0 Å². The molecule has 1 aliphatic rings. The van der Waals surface area contributed by atoms with Crippen molar-refractivity contribution in [2.75, 3.05) is 0 Å². The normalized spacial score (nSPS) is 37.7. The van der Waals surface area contributed by atoms with Gasteiger partial charge in [0.05, 0.1) is 0 Å². The lowest BCUT2D eigenvalue weighted by Gasteiger charge is -2.18. The summed E-state index contributed by atoms with van der Waals surface area (Å²) in [4.78, 5) is 11.3. The molecule has 0 amide bonds. The molecule has 0 radical (unpaired) electrons. The second kappa shape index (κ2) is 2.80. The quantitative estimate of drug-likeness (QED) is 0.527. The van der Waals surface area contributed by atoms with E-state index in [1.165, 1.54) is 0 Å². The molecule has 0 N–H and O–H groups in total. The SMILES string of the molecule is C=C(C)[C@H]1[C@H](C)CC(=O)[C@H]1C. The van der Waals surface area contributed by atoms with Crippen LogP contribution in [0.25, 0.3) is 0 Å². The van der Waals surface area contributed by atoms with Gasteiger partial charge in [-0.25, -0.2) is 0 Å². The second-order valence-corrected chi connectivity index (χ2v) is 3.81. The Morgan fingerprint density at radius 1 is 1.55 bits per heavy atom. The topological polar surface area (TPSA) is 17.1 Å². The highest BCUT2D eigenvalue weighted by Crippen LogP contribution is 2.37. The molecule has 3 atom stereocenters. The van der Waals surface area contributed by atoms with Gasteiger partial charge in [0.25, 0.3) is 0 Å². The number of ketones is 1. The molecule has 0 spiro atoms. The average Bonchev–Trinajstić information content (AvgIpc) is 2.07. The first kappa shape index (κ1) is 8.51. The van der Waals surface area contributed by atoms with E-state index >= 15 is 0 Å². The fourth-order valence-corrected chi connectivity index (χ4v) is 2.24. The Morgan fingerprint density at radius 3 is 2.27 bits per heavy atom. The maximum absolute atomic E-state index is 11.3. The Morgan fingerprint density at radius 2 is 2.09 bits per heavy atom. The lowest BCUT2D eigenvalue weighted by atomic mass is 9.86. The minimum atomic E-state index is 0.211. The van der Waals surface area contributed by atoms with Crippen LogP contribution < -0.4 is 0 Å². The van der Waals surface area contributed by atoms with E-state index in [-0.39, 0.29) is 5.92 Å². The van der Waals surface area contributed by atoms with Crippen LogP contribution >= 0.6 is 0 Å². The van der Waals surface area contributed by atoms with Crippen LogP contribution in [-0.4, -0.2) is 5.78 Å². The van der Waals surface area contributed by atoms with Crippen LogP contribution in [-0.2, 0) is 4.79 Å². The third kappa shape index (κ3) is 1.37. The fourth-order valence-electron chi connectivity index (χ4n) is 2.24. The Hall–Kier alpha value is -0.590. The van der Waals surface area contributed by atoms with Crippen molar-refractivity contribution in [2.24, 2.45) is 17.8 Å². The van der Waals surface area contributed by atoms with E-state index in [0.29, 0.717) is 17.6 Å². The van der Waals surface area contributed by atoms with Crippen LogP contribution in [0.3, 0.4) is 0 Å². The van der Waals surface area contributed by atoms with Crippen LogP contribution in [0.1, 0.15) is 27.2 Å². The minimum Gasteiger partial charge on any atom is -0.299 e. The average molecular weight is 152 g/mol. The fraction of sp³-hybridized carbons (Fsp3) is 0.700. The van der Waals surface area contributed by atoms with Gasteiger partial charge in [0.1, 0.15) is 5.78 Å². The summed E-state index contributed by atoms with van der Waals surface area (Å²) in [6, 6.07) is 0. The second-order valence-electron chi connectivity index (χ2n) is 3.81. The molecular formula is C10H16O. The molecule has 11 heavy (non-hydrogen) atoms. The molecule has 0 saturated heterocycles. The van der Waals surface area contributed by atoms with Crippen molar-refractivity contribution in [3.63, 3.8) is 0 Å². The Bertz CT molecular complexity index is 193. The number of Topliss-reactive ketones (excluding diaryl/α,β-unsaturated/α-hetero) is 1. The number of hydrogen-bond donors (Lipinski definition) is 0. The van der Waals surface area contributed by atoms with Crippen LogP contribution in [0, 0.1) is 17.8 Å². The third-order valence-electron chi connectivity index (χ3n) is 2.75. The molecule has 1 heteroatoms. The molecule has 1 rings (SSSR count). The van der Waals surface area contributed by atoms with Gasteiger partial charge in [-0.3, -0.25) is 4.79 Å². The maximum Gasteiger partial charge on any atom is 0.136 e. The van der Waals surface area contributed by atoms with Gasteiger partial charge in [-0.05, 0) is 18.8 Å². The lowest BCUT2D eigenvalue weighted by Crippen LogP contribution is -2.13. The predicted octanol–water partition coefficient (Wildman–Crippen LogP) is 2.42. The first-order chi connectivity index (χ1) is 5.04. The standard InChI is InChI=1S/C10H16O/c1-6(2)10-7(3)5-9(11)8(10)4/h7-8,10H,1,5H2,2-4H3/t7-,8-,10+/m1/s1. The van der Waals surface area contributed by atoms with Gasteiger partial charge in [0.15, 0.2) is 0 Å². The zero-order valence-electron chi connectivity index (χ0n) is 7.55. The summed E-state index contributed by atoms with van der Waals surface area (Å²) in [7, 11) is 0. The van der Waals surface area contributed by atoms with Crippen LogP contribution in [0.15, 0.2) is 12.2 Å². The Labute approximate surface area is 68.5 Å². The van der Waals surface area contributed by atoms with E-state index in [4.69, 9.17) is 0 Å². The Kier molecular flexibility index (Phi) is 2.17. The molecule has 0 aliphatic heterocycles. The predicted molar refractivity (Wildman–Crippen MR) is 46.3 cm³/mol. The van der Waals surface area contributed by atoms with E-state index < -0.39 is 0 Å². The molecular weight excluding hydrogens is 136 g/mol. The first-order valence-electron chi connectivity index (χ1n) is 4.22. The summed E-state index contributed by atoms with van der Waals surface area (Å²) < 4.78 is 0. The lowest BCUT2D eigenvalue weighted by molar-refractivity contribution is -0.120. The number of allylic oxidation sites excluding steroid dienone is 1. The van der Waals surface area contributed by atoms with Crippen molar-refractivity contribution in [3.05, 3.63) is 12.2 Å². The van der Waals surface area contributed by atoms with Gasteiger partial charge in [-0.15, -0.1) is 0 Å². The molecule has 0 bridgehead atoms. The smallest absolute Gasteiger partial charge is 0.136 e. The molecule has 0 aromatic carbocycles.